The van der Waals surface area contributed by atoms with E-state index in [1.54, 1.807) is 0 Å². The van der Waals surface area contributed by atoms with Gasteiger partial charge >= 0.3 is 0 Å². The molecule has 0 spiro atoms. The van der Waals surface area contributed by atoms with Crippen molar-refractivity contribution in [2.45, 2.75) is 33.5 Å². The average Bonchev–Trinajstić information content (AvgIpc) is 3.02. The lowest BCUT2D eigenvalue weighted by atomic mass is 10.2. The van der Waals surface area contributed by atoms with E-state index in [1.165, 1.54) is 17.0 Å². The molecule has 0 amide bonds. The first-order valence-electron chi connectivity index (χ1n) is 8.26. The fourth-order valence-electron chi connectivity index (χ4n) is 2.89. The average molecular weight is 323 g/mol. The molecule has 24 heavy (non-hydrogen) atoms. The molecule has 0 aliphatic rings. The van der Waals surface area contributed by atoms with E-state index in [1.807, 2.05) is 23.5 Å². The zero-order valence-electron chi connectivity index (χ0n) is 14.9. The molecule has 3 aromatic rings. The highest BCUT2D eigenvalue weighted by atomic mass is 15.3. The first-order valence-corrected chi connectivity index (χ1v) is 8.26. The van der Waals surface area contributed by atoms with Gasteiger partial charge in [-0.25, -0.2) is 0 Å². The minimum atomic E-state index is 0.812. The molecule has 0 bridgehead atoms. The minimum Gasteiger partial charge on any atom is -0.287 e. The summed E-state index contributed by atoms with van der Waals surface area (Å²) >= 11 is 0. The first kappa shape index (κ1) is 16.5. The van der Waals surface area contributed by atoms with Crippen molar-refractivity contribution >= 4 is 0 Å². The van der Waals surface area contributed by atoms with Crippen molar-refractivity contribution in [1.82, 2.24) is 24.5 Å². The van der Waals surface area contributed by atoms with E-state index >= 15 is 0 Å². The molecule has 0 aliphatic carbocycles. The van der Waals surface area contributed by atoms with E-state index in [0.29, 0.717) is 0 Å². The summed E-state index contributed by atoms with van der Waals surface area (Å²) in [7, 11) is 3.98. The summed E-state index contributed by atoms with van der Waals surface area (Å²) in [4.78, 5) is 2.39. The Morgan fingerprint density at radius 3 is 1.71 bits per heavy atom. The van der Waals surface area contributed by atoms with Crippen molar-refractivity contribution < 1.29 is 0 Å². The summed E-state index contributed by atoms with van der Waals surface area (Å²) in [6.07, 6.45) is 0. The number of hydrogen-bond acceptors (Lipinski definition) is 3. The lowest BCUT2D eigenvalue weighted by Crippen LogP contribution is -2.23. The van der Waals surface area contributed by atoms with Crippen LogP contribution in [0.1, 0.15) is 28.3 Å². The van der Waals surface area contributed by atoms with Crippen LogP contribution in [0.25, 0.3) is 0 Å². The maximum Gasteiger partial charge on any atom is 0.0767 e. The van der Waals surface area contributed by atoms with Gasteiger partial charge in [0, 0.05) is 45.1 Å². The first-order chi connectivity index (χ1) is 11.5. The van der Waals surface area contributed by atoms with Crippen LogP contribution in [0.4, 0.5) is 0 Å². The van der Waals surface area contributed by atoms with Gasteiger partial charge in [-0.3, -0.25) is 14.3 Å². The third kappa shape index (κ3) is 3.92. The van der Waals surface area contributed by atoms with Crippen molar-refractivity contribution in [3.63, 3.8) is 0 Å². The normalized spacial score (nSPS) is 11.4. The van der Waals surface area contributed by atoms with Crippen LogP contribution in [0.5, 0.6) is 0 Å². The highest BCUT2D eigenvalue weighted by molar-refractivity contribution is 5.16. The minimum absolute atomic E-state index is 0.812. The Bertz CT molecular complexity index is 713. The number of aryl methyl sites for hydroxylation is 4. The zero-order valence-corrected chi connectivity index (χ0v) is 14.9. The Hall–Kier alpha value is -2.40. The molecule has 0 unspecified atom stereocenters. The van der Waals surface area contributed by atoms with E-state index in [4.69, 9.17) is 0 Å². The molecule has 5 nitrogen and oxygen atoms in total. The molecular weight excluding hydrogens is 298 g/mol. The molecule has 3 rings (SSSR count). The zero-order chi connectivity index (χ0) is 17.1. The standard InChI is InChI=1S/C19H25N5/c1-15-10-18(20-22(15)3)13-24(12-17-8-6-5-7-9-17)14-19-11-16(2)23(4)21-19/h5-11H,12-14H2,1-4H3. The van der Waals surface area contributed by atoms with Crippen LogP contribution >= 0.6 is 0 Å². The largest absolute Gasteiger partial charge is 0.287 e. The van der Waals surface area contributed by atoms with Crippen LogP contribution in [-0.2, 0) is 33.7 Å². The maximum absolute atomic E-state index is 4.61. The van der Waals surface area contributed by atoms with E-state index in [-0.39, 0.29) is 0 Å². The molecule has 0 saturated carbocycles. The second-order valence-corrected chi connectivity index (χ2v) is 6.43. The molecule has 1 aromatic carbocycles. The van der Waals surface area contributed by atoms with E-state index in [2.05, 4.69) is 71.4 Å². The smallest absolute Gasteiger partial charge is 0.0767 e. The molecule has 0 radical (unpaired) electrons. The Morgan fingerprint density at radius 2 is 1.29 bits per heavy atom. The topological polar surface area (TPSA) is 38.9 Å². The molecule has 126 valence electrons. The molecule has 2 heterocycles. The van der Waals surface area contributed by atoms with Crippen LogP contribution < -0.4 is 0 Å². The highest BCUT2D eigenvalue weighted by Gasteiger charge is 2.13. The molecule has 0 saturated heterocycles. The highest BCUT2D eigenvalue weighted by Crippen LogP contribution is 2.14. The Morgan fingerprint density at radius 1 is 0.792 bits per heavy atom. The Labute approximate surface area is 143 Å². The number of nitrogens with zero attached hydrogens (tertiary/aromatic N) is 5. The predicted molar refractivity (Wildman–Crippen MR) is 95.3 cm³/mol. The van der Waals surface area contributed by atoms with Crippen molar-refractivity contribution in [2.24, 2.45) is 14.1 Å². The van der Waals surface area contributed by atoms with Gasteiger partial charge in [0.05, 0.1) is 11.4 Å². The van der Waals surface area contributed by atoms with Gasteiger partial charge in [-0.15, -0.1) is 0 Å². The van der Waals surface area contributed by atoms with Crippen LogP contribution in [0.15, 0.2) is 42.5 Å². The fourth-order valence-corrected chi connectivity index (χ4v) is 2.89. The molecule has 0 atom stereocenters. The van der Waals surface area contributed by atoms with Gasteiger partial charge < -0.3 is 0 Å². The summed E-state index contributed by atoms with van der Waals surface area (Å²) in [6.45, 7) is 6.67. The third-order valence-electron chi connectivity index (χ3n) is 4.35. The summed E-state index contributed by atoms with van der Waals surface area (Å²) in [5.41, 5.74) is 5.85. The van der Waals surface area contributed by atoms with Gasteiger partial charge in [-0.2, -0.15) is 10.2 Å². The Balaban J connectivity index is 1.79. The molecule has 0 fully saturated rings. The molecule has 0 N–H and O–H groups in total. The van der Waals surface area contributed by atoms with Crippen molar-refractivity contribution in [1.29, 1.82) is 0 Å². The van der Waals surface area contributed by atoms with Gasteiger partial charge in [-0.05, 0) is 31.5 Å². The van der Waals surface area contributed by atoms with Crippen molar-refractivity contribution in [3.8, 4) is 0 Å². The van der Waals surface area contributed by atoms with Crippen LogP contribution in [0.2, 0.25) is 0 Å². The van der Waals surface area contributed by atoms with Crippen LogP contribution in [-0.4, -0.2) is 24.5 Å². The second kappa shape index (κ2) is 7.01. The summed E-state index contributed by atoms with van der Waals surface area (Å²) in [5, 5.41) is 9.21. The SMILES string of the molecule is Cc1cc(CN(Cc2ccccc2)Cc2cc(C)n(C)n2)nn1C. The number of benzene rings is 1. The van der Waals surface area contributed by atoms with Gasteiger partial charge in [0.1, 0.15) is 0 Å². The summed E-state index contributed by atoms with van der Waals surface area (Å²) < 4.78 is 3.86. The summed E-state index contributed by atoms with van der Waals surface area (Å²) in [6, 6.07) is 14.9. The van der Waals surface area contributed by atoms with Crippen molar-refractivity contribution in [2.75, 3.05) is 0 Å². The van der Waals surface area contributed by atoms with E-state index in [0.717, 1.165) is 31.0 Å². The Kier molecular flexibility index (Phi) is 4.81. The van der Waals surface area contributed by atoms with Crippen LogP contribution in [0.3, 0.4) is 0 Å². The molecule has 2 aromatic heterocycles. The van der Waals surface area contributed by atoms with Gasteiger partial charge in [0.2, 0.25) is 0 Å². The van der Waals surface area contributed by atoms with E-state index < -0.39 is 0 Å². The molecule has 5 heteroatoms. The lowest BCUT2D eigenvalue weighted by Gasteiger charge is -2.20. The number of hydrogen-bond donors (Lipinski definition) is 0. The monoisotopic (exact) mass is 323 g/mol. The van der Waals surface area contributed by atoms with Crippen molar-refractivity contribution in [3.05, 3.63) is 70.8 Å². The lowest BCUT2D eigenvalue weighted by molar-refractivity contribution is 0.240. The quantitative estimate of drug-likeness (QED) is 0.700. The third-order valence-corrected chi connectivity index (χ3v) is 4.35. The number of aromatic nitrogens is 4. The molecular formula is C19H25N5. The van der Waals surface area contributed by atoms with E-state index in [9.17, 15) is 0 Å². The maximum atomic E-state index is 4.61. The second-order valence-electron chi connectivity index (χ2n) is 6.43. The van der Waals surface area contributed by atoms with Gasteiger partial charge in [-0.1, -0.05) is 30.3 Å². The predicted octanol–water partition coefficient (Wildman–Crippen LogP) is 2.97. The van der Waals surface area contributed by atoms with Crippen LogP contribution in [0, 0.1) is 13.8 Å². The number of rotatable bonds is 6. The summed E-state index contributed by atoms with van der Waals surface area (Å²) in [5.74, 6) is 0. The van der Waals surface area contributed by atoms with Gasteiger partial charge in [0.15, 0.2) is 0 Å². The molecule has 0 aliphatic heterocycles. The van der Waals surface area contributed by atoms with Gasteiger partial charge in [0.25, 0.3) is 0 Å². The fraction of sp³-hybridized carbons (Fsp3) is 0.368.